The van der Waals surface area contributed by atoms with Crippen molar-refractivity contribution in [2.75, 3.05) is 0 Å². The Morgan fingerprint density at radius 1 is 1.20 bits per heavy atom. The van der Waals surface area contributed by atoms with Gasteiger partial charge >= 0.3 is 0 Å². The van der Waals surface area contributed by atoms with Crippen LogP contribution in [0.4, 0.5) is 0 Å². The number of phenols is 1. The maximum Gasteiger partial charge on any atom is 0.169 e. The first-order valence-corrected chi connectivity index (χ1v) is 5.03. The van der Waals surface area contributed by atoms with E-state index in [0.29, 0.717) is 11.5 Å². The van der Waals surface area contributed by atoms with Gasteiger partial charge in [0.1, 0.15) is 5.76 Å². The van der Waals surface area contributed by atoms with Crippen molar-refractivity contribution in [1.29, 1.82) is 0 Å². The number of allylic oxidation sites excluding steroid dienone is 3. The van der Waals surface area contributed by atoms with E-state index in [1.807, 2.05) is 18.2 Å². The van der Waals surface area contributed by atoms with Gasteiger partial charge in [-0.2, -0.15) is 0 Å². The Morgan fingerprint density at radius 2 is 2.00 bits per heavy atom. The third-order valence-corrected chi connectivity index (χ3v) is 2.33. The van der Waals surface area contributed by atoms with Crippen LogP contribution in [0.15, 0.2) is 48.3 Å². The molecule has 2 nitrogen and oxygen atoms in total. The molecule has 0 radical (unpaired) electrons. The normalized spacial score (nSPS) is 14.9. The van der Waals surface area contributed by atoms with Crippen LogP contribution in [0.3, 0.4) is 0 Å². The molecule has 76 valence electrons. The molecule has 0 unspecified atom stereocenters. The third kappa shape index (κ3) is 2.44. The molecule has 0 aromatic heterocycles. The lowest BCUT2D eigenvalue weighted by atomic mass is 10.2. The van der Waals surface area contributed by atoms with E-state index in [-0.39, 0.29) is 5.75 Å². The van der Waals surface area contributed by atoms with E-state index >= 15 is 0 Å². The van der Waals surface area contributed by atoms with Gasteiger partial charge < -0.3 is 9.84 Å². The van der Waals surface area contributed by atoms with Crippen molar-refractivity contribution in [2.45, 2.75) is 6.42 Å². The topological polar surface area (TPSA) is 29.5 Å². The Kier molecular flexibility index (Phi) is 2.83. The van der Waals surface area contributed by atoms with Crippen molar-refractivity contribution in [3.63, 3.8) is 0 Å². The van der Waals surface area contributed by atoms with Crippen LogP contribution >= 0.6 is 12.2 Å². The van der Waals surface area contributed by atoms with Crippen LogP contribution in [-0.4, -0.2) is 9.97 Å². The standard InChI is InChI=1S/C12H10O2S/c13-11-3-1-2-4-12(11)14-9-5-7-10(15)8-6-9/h1-7,13H,8H2. The van der Waals surface area contributed by atoms with Gasteiger partial charge in [0.2, 0.25) is 0 Å². The fraction of sp³-hybridized carbons (Fsp3) is 0.0833. The van der Waals surface area contributed by atoms with Gasteiger partial charge in [0.05, 0.1) is 0 Å². The summed E-state index contributed by atoms with van der Waals surface area (Å²) in [7, 11) is 0. The molecule has 0 saturated heterocycles. The van der Waals surface area contributed by atoms with E-state index in [2.05, 4.69) is 0 Å². The Bertz CT molecular complexity index is 447. The lowest BCUT2D eigenvalue weighted by molar-refractivity contribution is 0.391. The zero-order chi connectivity index (χ0) is 10.7. The second-order valence-electron chi connectivity index (χ2n) is 3.18. The van der Waals surface area contributed by atoms with E-state index in [4.69, 9.17) is 17.0 Å². The maximum absolute atomic E-state index is 9.49. The summed E-state index contributed by atoms with van der Waals surface area (Å²) in [5.74, 6) is 1.31. The fourth-order valence-electron chi connectivity index (χ4n) is 1.26. The minimum atomic E-state index is 0.139. The SMILES string of the molecule is Oc1ccccc1OC1=CCC(=S)C=C1. The Labute approximate surface area is 93.5 Å². The van der Waals surface area contributed by atoms with Crippen LogP contribution in [0, 0.1) is 0 Å². The molecular formula is C12H10O2S. The first-order valence-electron chi connectivity index (χ1n) is 4.62. The van der Waals surface area contributed by atoms with E-state index < -0.39 is 0 Å². The quantitative estimate of drug-likeness (QED) is 0.774. The Morgan fingerprint density at radius 3 is 2.67 bits per heavy atom. The predicted octanol–water partition coefficient (Wildman–Crippen LogP) is 2.98. The van der Waals surface area contributed by atoms with Crippen molar-refractivity contribution < 1.29 is 9.84 Å². The number of thiocarbonyl (C=S) groups is 1. The zero-order valence-corrected chi connectivity index (χ0v) is 8.83. The van der Waals surface area contributed by atoms with Crippen LogP contribution in [0.1, 0.15) is 6.42 Å². The molecule has 1 N–H and O–H groups in total. The number of hydrogen-bond acceptors (Lipinski definition) is 3. The molecule has 0 atom stereocenters. The highest BCUT2D eigenvalue weighted by Crippen LogP contribution is 2.27. The number of ether oxygens (including phenoxy) is 1. The molecule has 0 amide bonds. The predicted molar refractivity (Wildman–Crippen MR) is 63.2 cm³/mol. The molecule has 1 aliphatic carbocycles. The summed E-state index contributed by atoms with van der Waals surface area (Å²) in [5, 5.41) is 9.49. The van der Waals surface area contributed by atoms with Crippen molar-refractivity contribution >= 4 is 17.1 Å². The van der Waals surface area contributed by atoms with Gasteiger partial charge in [-0.3, -0.25) is 0 Å². The van der Waals surface area contributed by atoms with Crippen molar-refractivity contribution in [3.8, 4) is 11.5 Å². The summed E-state index contributed by atoms with van der Waals surface area (Å²) in [6, 6.07) is 6.87. The monoisotopic (exact) mass is 218 g/mol. The number of hydrogen-bond donors (Lipinski definition) is 1. The van der Waals surface area contributed by atoms with Gasteiger partial charge in [0, 0.05) is 11.3 Å². The largest absolute Gasteiger partial charge is 0.504 e. The highest BCUT2D eigenvalue weighted by Gasteiger charge is 2.05. The Hall–Kier alpha value is -1.61. The summed E-state index contributed by atoms with van der Waals surface area (Å²) in [5.41, 5.74) is 0. The van der Waals surface area contributed by atoms with Crippen molar-refractivity contribution in [2.24, 2.45) is 0 Å². The number of benzene rings is 1. The molecule has 1 aromatic carbocycles. The minimum Gasteiger partial charge on any atom is -0.504 e. The van der Waals surface area contributed by atoms with E-state index in [1.54, 1.807) is 24.3 Å². The summed E-state index contributed by atoms with van der Waals surface area (Å²) in [6.45, 7) is 0. The lowest BCUT2D eigenvalue weighted by Gasteiger charge is -2.10. The van der Waals surface area contributed by atoms with Gasteiger partial charge in [-0.25, -0.2) is 0 Å². The molecule has 3 heteroatoms. The van der Waals surface area contributed by atoms with E-state index in [1.165, 1.54) is 0 Å². The van der Waals surface area contributed by atoms with Gasteiger partial charge in [-0.15, -0.1) is 0 Å². The molecule has 0 bridgehead atoms. The summed E-state index contributed by atoms with van der Waals surface area (Å²) in [6.07, 6.45) is 6.26. The van der Waals surface area contributed by atoms with Crippen molar-refractivity contribution in [1.82, 2.24) is 0 Å². The molecule has 1 aliphatic rings. The van der Waals surface area contributed by atoms with Gasteiger partial charge in [0.25, 0.3) is 0 Å². The maximum atomic E-state index is 9.49. The summed E-state index contributed by atoms with van der Waals surface area (Å²) < 4.78 is 5.50. The van der Waals surface area contributed by atoms with Crippen LogP contribution in [0.25, 0.3) is 0 Å². The van der Waals surface area contributed by atoms with Crippen LogP contribution in [0.5, 0.6) is 11.5 Å². The number of para-hydroxylation sites is 2. The molecule has 1 aromatic rings. The summed E-state index contributed by atoms with van der Waals surface area (Å²) in [4.78, 5) is 0.889. The minimum absolute atomic E-state index is 0.139. The van der Waals surface area contributed by atoms with Gasteiger partial charge in [0.15, 0.2) is 11.5 Å². The van der Waals surface area contributed by atoms with Crippen LogP contribution in [-0.2, 0) is 0 Å². The highest BCUT2D eigenvalue weighted by molar-refractivity contribution is 7.80. The lowest BCUT2D eigenvalue weighted by Crippen LogP contribution is -2.00. The number of phenolic OH excluding ortho intramolecular Hbond substituents is 1. The molecule has 0 fully saturated rings. The molecule has 0 aliphatic heterocycles. The second-order valence-corrected chi connectivity index (χ2v) is 3.70. The van der Waals surface area contributed by atoms with Gasteiger partial charge in [-0.1, -0.05) is 24.4 Å². The number of aromatic hydroxyl groups is 1. The van der Waals surface area contributed by atoms with E-state index in [9.17, 15) is 5.11 Å². The second kappa shape index (κ2) is 4.28. The number of rotatable bonds is 2. The average molecular weight is 218 g/mol. The molecule has 0 saturated carbocycles. The van der Waals surface area contributed by atoms with Crippen LogP contribution in [0.2, 0.25) is 0 Å². The van der Waals surface area contributed by atoms with Crippen LogP contribution < -0.4 is 4.74 Å². The third-order valence-electron chi connectivity index (χ3n) is 2.03. The smallest absolute Gasteiger partial charge is 0.169 e. The molecule has 0 spiro atoms. The summed E-state index contributed by atoms with van der Waals surface area (Å²) >= 11 is 5.01. The van der Waals surface area contributed by atoms with Gasteiger partial charge in [-0.05, 0) is 30.4 Å². The fourth-order valence-corrected chi connectivity index (χ4v) is 1.41. The highest BCUT2D eigenvalue weighted by atomic mass is 32.1. The Balaban J connectivity index is 2.14. The average Bonchev–Trinajstić information content (AvgIpc) is 2.25. The van der Waals surface area contributed by atoms with E-state index in [0.717, 1.165) is 11.3 Å². The first kappa shape index (κ1) is 9.93. The molecule has 2 rings (SSSR count). The van der Waals surface area contributed by atoms with Crippen molar-refractivity contribution in [3.05, 3.63) is 48.3 Å². The zero-order valence-electron chi connectivity index (χ0n) is 8.01. The first-order chi connectivity index (χ1) is 7.25. The molecule has 15 heavy (non-hydrogen) atoms. The molecular weight excluding hydrogens is 208 g/mol. The molecule has 0 heterocycles.